The van der Waals surface area contributed by atoms with Crippen LogP contribution in [0, 0.1) is 0 Å². The standard InChI is InChI=1S/C22H34N2.2H2O/c1-3-5-11-21-13-9-17-23(19-21)15-7-8-16-24-18-10-14-22(20-24)12-6-4-2;;/h9-10,13-14,17-20H,3-8,11-12,15-16H2,1-2H3;2*1H2/q+2;;/p-2. The Kier molecular flexibility index (Phi) is 13.4. The van der Waals surface area contributed by atoms with Crippen LogP contribution in [0.1, 0.15) is 63.5 Å². The van der Waals surface area contributed by atoms with Crippen LogP contribution < -0.4 is 9.13 Å². The van der Waals surface area contributed by atoms with Gasteiger partial charge in [-0.25, -0.2) is 9.13 Å². The number of aromatic nitrogens is 2. The third-order valence-electron chi connectivity index (χ3n) is 4.56. The van der Waals surface area contributed by atoms with E-state index >= 15 is 0 Å². The number of unbranched alkanes of at least 4 members (excludes halogenated alkanes) is 3. The van der Waals surface area contributed by atoms with Crippen LogP contribution in [-0.4, -0.2) is 11.0 Å². The first-order valence-corrected chi connectivity index (χ1v) is 9.77. The van der Waals surface area contributed by atoms with E-state index in [2.05, 4.69) is 72.0 Å². The molecule has 2 N–H and O–H groups in total. The van der Waals surface area contributed by atoms with Crippen molar-refractivity contribution in [1.82, 2.24) is 0 Å². The number of aryl methyl sites for hydroxylation is 4. The molecule has 4 heteroatoms. The zero-order valence-corrected chi connectivity index (χ0v) is 16.5. The second-order valence-corrected chi connectivity index (χ2v) is 6.81. The van der Waals surface area contributed by atoms with Gasteiger partial charge in [0.1, 0.15) is 13.1 Å². The highest BCUT2D eigenvalue weighted by Gasteiger charge is 2.06. The lowest BCUT2D eigenvalue weighted by atomic mass is 10.1. The number of hydrogen-bond acceptors (Lipinski definition) is 2. The van der Waals surface area contributed by atoms with Crippen LogP contribution in [0.2, 0.25) is 0 Å². The molecule has 0 fully saturated rings. The Labute approximate surface area is 159 Å². The average molecular weight is 361 g/mol. The van der Waals surface area contributed by atoms with E-state index in [-0.39, 0.29) is 11.0 Å². The number of pyridine rings is 2. The van der Waals surface area contributed by atoms with E-state index in [4.69, 9.17) is 0 Å². The summed E-state index contributed by atoms with van der Waals surface area (Å²) in [6, 6.07) is 8.89. The Balaban J connectivity index is 0.00000312. The van der Waals surface area contributed by atoms with Gasteiger partial charge in [0.05, 0.1) is 0 Å². The monoisotopic (exact) mass is 360 g/mol. The molecule has 0 amide bonds. The van der Waals surface area contributed by atoms with Crippen molar-refractivity contribution in [3.63, 3.8) is 0 Å². The van der Waals surface area contributed by atoms with E-state index in [1.165, 1.54) is 62.5 Å². The van der Waals surface area contributed by atoms with E-state index in [1.807, 2.05) is 0 Å². The Hall–Kier alpha value is -1.78. The van der Waals surface area contributed by atoms with Crippen LogP contribution in [0.4, 0.5) is 0 Å². The molecule has 0 aliphatic rings. The molecule has 0 unspecified atom stereocenters. The molecule has 0 aliphatic carbocycles. The van der Waals surface area contributed by atoms with Crippen molar-refractivity contribution in [2.24, 2.45) is 0 Å². The highest BCUT2D eigenvalue weighted by atomic mass is 16.0. The van der Waals surface area contributed by atoms with Gasteiger partial charge in [0, 0.05) is 36.1 Å². The van der Waals surface area contributed by atoms with Crippen LogP contribution >= 0.6 is 0 Å². The highest BCUT2D eigenvalue weighted by molar-refractivity contribution is 5.05. The Morgan fingerprint density at radius 3 is 1.46 bits per heavy atom. The van der Waals surface area contributed by atoms with Gasteiger partial charge in [0.15, 0.2) is 24.8 Å². The molecule has 0 radical (unpaired) electrons. The minimum Gasteiger partial charge on any atom is -0.870 e. The van der Waals surface area contributed by atoms with Crippen molar-refractivity contribution in [2.45, 2.75) is 78.3 Å². The molecule has 4 nitrogen and oxygen atoms in total. The Morgan fingerprint density at radius 1 is 0.654 bits per heavy atom. The molecule has 2 rings (SSSR count). The molecule has 146 valence electrons. The summed E-state index contributed by atoms with van der Waals surface area (Å²) in [4.78, 5) is 0. The predicted molar refractivity (Wildman–Crippen MR) is 104 cm³/mol. The van der Waals surface area contributed by atoms with Crippen LogP contribution in [-0.2, 0) is 25.9 Å². The summed E-state index contributed by atoms with van der Waals surface area (Å²) in [5.74, 6) is 0. The fraction of sp³-hybridized carbons (Fsp3) is 0.545. The molecule has 0 aliphatic heterocycles. The SMILES string of the molecule is CCCCc1ccc[n+](CCCC[n+]2cccc(CCCC)c2)c1.[OH-].[OH-]. The molecule has 0 spiro atoms. The molecule has 0 saturated heterocycles. The molecule has 26 heavy (non-hydrogen) atoms. The van der Waals surface area contributed by atoms with Crippen molar-refractivity contribution in [3.8, 4) is 0 Å². The first-order chi connectivity index (χ1) is 11.8. The molecule has 2 aromatic rings. The van der Waals surface area contributed by atoms with Gasteiger partial charge in [-0.1, -0.05) is 26.7 Å². The molecular weight excluding hydrogens is 324 g/mol. The number of rotatable bonds is 11. The largest absolute Gasteiger partial charge is 0.870 e. The molecular formula is C22H36N2O2. The highest BCUT2D eigenvalue weighted by Crippen LogP contribution is 2.03. The lowest BCUT2D eigenvalue weighted by Crippen LogP contribution is -2.36. The van der Waals surface area contributed by atoms with Gasteiger partial charge in [-0.15, -0.1) is 0 Å². The lowest BCUT2D eigenvalue weighted by molar-refractivity contribution is -0.708. The van der Waals surface area contributed by atoms with Crippen LogP contribution in [0.5, 0.6) is 0 Å². The van der Waals surface area contributed by atoms with Gasteiger partial charge in [-0.2, -0.15) is 0 Å². The molecule has 0 saturated carbocycles. The van der Waals surface area contributed by atoms with Crippen molar-refractivity contribution < 1.29 is 20.1 Å². The third-order valence-corrected chi connectivity index (χ3v) is 4.56. The smallest absolute Gasteiger partial charge is 0.171 e. The van der Waals surface area contributed by atoms with Crippen molar-refractivity contribution >= 4 is 0 Å². The van der Waals surface area contributed by atoms with Gasteiger partial charge in [-0.3, -0.25) is 0 Å². The minimum atomic E-state index is 0. The summed E-state index contributed by atoms with van der Waals surface area (Å²) in [5.41, 5.74) is 2.94. The van der Waals surface area contributed by atoms with Crippen molar-refractivity contribution in [2.75, 3.05) is 0 Å². The zero-order valence-electron chi connectivity index (χ0n) is 16.5. The summed E-state index contributed by atoms with van der Waals surface area (Å²) in [6.07, 6.45) is 19.0. The lowest BCUT2D eigenvalue weighted by Gasteiger charge is -2.02. The van der Waals surface area contributed by atoms with Crippen molar-refractivity contribution in [1.29, 1.82) is 0 Å². The second kappa shape index (κ2) is 14.4. The topological polar surface area (TPSA) is 67.8 Å². The van der Waals surface area contributed by atoms with Gasteiger partial charge in [0.2, 0.25) is 0 Å². The first kappa shape index (κ1) is 24.2. The summed E-state index contributed by atoms with van der Waals surface area (Å²) in [7, 11) is 0. The molecule has 2 aromatic heterocycles. The fourth-order valence-corrected chi connectivity index (χ4v) is 3.08. The van der Waals surface area contributed by atoms with E-state index in [0.29, 0.717) is 0 Å². The second-order valence-electron chi connectivity index (χ2n) is 6.81. The molecule has 0 aromatic carbocycles. The molecule has 0 atom stereocenters. The molecule has 0 bridgehead atoms. The van der Waals surface area contributed by atoms with Crippen LogP contribution in [0.25, 0.3) is 0 Å². The summed E-state index contributed by atoms with van der Waals surface area (Å²) >= 11 is 0. The predicted octanol–water partition coefficient (Wildman–Crippen LogP) is 4.07. The maximum Gasteiger partial charge on any atom is 0.171 e. The average Bonchev–Trinajstić information content (AvgIpc) is 2.62. The van der Waals surface area contributed by atoms with E-state index < -0.39 is 0 Å². The first-order valence-electron chi connectivity index (χ1n) is 9.77. The van der Waals surface area contributed by atoms with E-state index in [9.17, 15) is 0 Å². The van der Waals surface area contributed by atoms with Gasteiger partial charge >= 0.3 is 0 Å². The third kappa shape index (κ3) is 9.07. The van der Waals surface area contributed by atoms with Crippen molar-refractivity contribution in [3.05, 3.63) is 60.2 Å². The van der Waals surface area contributed by atoms with Gasteiger partial charge in [-0.05, 0) is 37.8 Å². The summed E-state index contributed by atoms with van der Waals surface area (Å²) in [6.45, 7) is 6.75. The quantitative estimate of drug-likeness (QED) is 0.448. The normalized spacial score (nSPS) is 10.1. The van der Waals surface area contributed by atoms with Crippen LogP contribution in [0.15, 0.2) is 49.1 Å². The fourth-order valence-electron chi connectivity index (χ4n) is 3.08. The van der Waals surface area contributed by atoms with Gasteiger partial charge < -0.3 is 11.0 Å². The minimum absolute atomic E-state index is 0. The number of nitrogens with zero attached hydrogens (tertiary/aromatic N) is 2. The van der Waals surface area contributed by atoms with E-state index in [0.717, 1.165) is 13.1 Å². The number of hydrogen-bond donors (Lipinski definition) is 0. The molecule has 2 heterocycles. The Bertz CT molecular complexity index is 549. The van der Waals surface area contributed by atoms with E-state index in [1.54, 1.807) is 0 Å². The zero-order chi connectivity index (χ0) is 17.0. The summed E-state index contributed by atoms with van der Waals surface area (Å²) < 4.78 is 4.71. The van der Waals surface area contributed by atoms with Crippen LogP contribution in [0.3, 0.4) is 0 Å². The maximum atomic E-state index is 2.35. The summed E-state index contributed by atoms with van der Waals surface area (Å²) in [5, 5.41) is 0. The maximum absolute atomic E-state index is 2.35. The Morgan fingerprint density at radius 2 is 1.08 bits per heavy atom. The van der Waals surface area contributed by atoms with Gasteiger partial charge in [0.25, 0.3) is 0 Å².